The topological polar surface area (TPSA) is 0 Å². The Balaban J connectivity index is 1.36. The summed E-state index contributed by atoms with van der Waals surface area (Å²) in [5.74, 6) is 0. The smallest absolute Gasteiger partial charge is 0.0349 e. The summed E-state index contributed by atoms with van der Waals surface area (Å²) in [4.78, 5) is 2.72. The normalized spacial score (nSPS) is 15.4. The van der Waals surface area contributed by atoms with Gasteiger partial charge >= 0.3 is 0 Å². The van der Waals surface area contributed by atoms with Gasteiger partial charge in [0.25, 0.3) is 0 Å². The molecule has 2 aliphatic carbocycles. The first-order valence-corrected chi connectivity index (χ1v) is 14.5. The van der Waals surface area contributed by atoms with Gasteiger partial charge in [0.1, 0.15) is 0 Å². The van der Waals surface area contributed by atoms with Crippen LogP contribution in [0.4, 0.5) is 0 Å². The van der Waals surface area contributed by atoms with E-state index < -0.39 is 0 Å². The summed E-state index contributed by atoms with van der Waals surface area (Å²) in [6.07, 6.45) is 15.9. The molecule has 0 saturated carbocycles. The lowest BCUT2D eigenvalue weighted by atomic mass is 9.83. The second-order valence-corrected chi connectivity index (χ2v) is 11.5. The molecule has 0 nitrogen and oxygen atoms in total. The predicted octanol–water partition coefficient (Wildman–Crippen LogP) is 11.2. The summed E-state index contributed by atoms with van der Waals surface area (Å²) in [7, 11) is 0. The van der Waals surface area contributed by atoms with Crippen LogP contribution in [0.2, 0.25) is 0 Å². The van der Waals surface area contributed by atoms with Crippen molar-refractivity contribution in [2.75, 3.05) is 0 Å². The zero-order valence-electron chi connectivity index (χ0n) is 21.7. The molecule has 7 rings (SSSR count). The highest BCUT2D eigenvalue weighted by Crippen LogP contribution is 2.44. The zero-order valence-corrected chi connectivity index (χ0v) is 22.5. The van der Waals surface area contributed by atoms with Crippen LogP contribution in [0.5, 0.6) is 0 Å². The first kappa shape index (κ1) is 23.2. The van der Waals surface area contributed by atoms with E-state index in [0.717, 1.165) is 25.7 Å². The second kappa shape index (κ2) is 9.74. The first-order valence-electron chi connectivity index (χ1n) is 13.6. The maximum absolute atomic E-state index is 2.39. The standard InChI is InChI=1S/C37H30S/c1-25-10-9-13-29(24-25)37-32-16-7-5-14-30(32)36(31-15-6-8-17-33(31)37)28-20-18-27(19-21-28)35-23-22-34(38-35)26-11-3-2-4-12-26/h2-3,5-8,10-11,14-24H,4,9,12-13H2,1H3. The second-order valence-electron chi connectivity index (χ2n) is 10.4. The molecular formula is C37H30S. The van der Waals surface area contributed by atoms with Crippen molar-refractivity contribution in [3.05, 3.63) is 131 Å². The van der Waals surface area contributed by atoms with Crippen LogP contribution in [0.1, 0.15) is 43.0 Å². The number of benzene rings is 4. The van der Waals surface area contributed by atoms with Gasteiger partial charge in [0, 0.05) is 9.75 Å². The van der Waals surface area contributed by atoms with Crippen LogP contribution in [-0.2, 0) is 0 Å². The van der Waals surface area contributed by atoms with Gasteiger partial charge in [0.05, 0.1) is 0 Å². The Bertz CT molecular complexity index is 1740. The molecule has 1 aromatic heterocycles. The highest BCUT2D eigenvalue weighted by molar-refractivity contribution is 7.16. The molecule has 1 heterocycles. The van der Waals surface area contributed by atoms with Gasteiger partial charge in [-0.3, -0.25) is 0 Å². The molecule has 0 N–H and O–H groups in total. The van der Waals surface area contributed by atoms with Crippen molar-refractivity contribution >= 4 is 44.0 Å². The lowest BCUT2D eigenvalue weighted by molar-refractivity contribution is 1.04. The third-order valence-corrected chi connectivity index (χ3v) is 9.14. The average molecular weight is 507 g/mol. The average Bonchev–Trinajstić information content (AvgIpc) is 3.47. The van der Waals surface area contributed by atoms with Crippen molar-refractivity contribution in [3.63, 3.8) is 0 Å². The van der Waals surface area contributed by atoms with Crippen molar-refractivity contribution in [1.82, 2.24) is 0 Å². The van der Waals surface area contributed by atoms with E-state index in [1.807, 2.05) is 11.3 Å². The summed E-state index contributed by atoms with van der Waals surface area (Å²) >= 11 is 1.90. The lowest BCUT2D eigenvalue weighted by Gasteiger charge is -2.21. The minimum atomic E-state index is 1.09. The molecule has 0 unspecified atom stereocenters. The van der Waals surface area contributed by atoms with Crippen LogP contribution in [-0.4, -0.2) is 0 Å². The van der Waals surface area contributed by atoms with E-state index in [0.29, 0.717) is 0 Å². The van der Waals surface area contributed by atoms with Gasteiger partial charge in [-0.1, -0.05) is 109 Å². The van der Waals surface area contributed by atoms with Crippen LogP contribution < -0.4 is 0 Å². The number of hydrogen-bond donors (Lipinski definition) is 0. The quantitative estimate of drug-likeness (QED) is 0.213. The third-order valence-electron chi connectivity index (χ3n) is 7.93. The van der Waals surface area contributed by atoms with Crippen molar-refractivity contribution in [3.8, 4) is 21.6 Å². The Morgan fingerprint density at radius 3 is 1.82 bits per heavy atom. The van der Waals surface area contributed by atoms with E-state index in [1.54, 1.807) is 0 Å². The summed E-state index contributed by atoms with van der Waals surface area (Å²) in [5, 5.41) is 5.36. The SMILES string of the molecule is CC1=CCCC(c2c3ccccc3c(-c3ccc(-c4ccc(C5=CC=CCC5)s4)cc3)c3ccccc23)=C1. The van der Waals surface area contributed by atoms with Crippen LogP contribution in [0.3, 0.4) is 0 Å². The summed E-state index contributed by atoms with van der Waals surface area (Å²) in [6, 6.07) is 31.8. The van der Waals surface area contributed by atoms with Gasteiger partial charge in [0.2, 0.25) is 0 Å². The maximum atomic E-state index is 2.39. The van der Waals surface area contributed by atoms with Gasteiger partial charge in [-0.25, -0.2) is 0 Å². The molecule has 0 fully saturated rings. The molecule has 0 radical (unpaired) electrons. The maximum Gasteiger partial charge on any atom is 0.0349 e. The van der Waals surface area contributed by atoms with E-state index in [-0.39, 0.29) is 0 Å². The highest BCUT2D eigenvalue weighted by atomic mass is 32.1. The molecule has 38 heavy (non-hydrogen) atoms. The van der Waals surface area contributed by atoms with Crippen molar-refractivity contribution in [2.24, 2.45) is 0 Å². The van der Waals surface area contributed by atoms with E-state index in [9.17, 15) is 0 Å². The first-order chi connectivity index (χ1) is 18.8. The number of hydrogen-bond acceptors (Lipinski definition) is 1. The molecular weight excluding hydrogens is 476 g/mol. The monoisotopic (exact) mass is 506 g/mol. The third kappa shape index (κ3) is 4.08. The predicted molar refractivity (Wildman–Crippen MR) is 168 cm³/mol. The molecule has 0 bridgehead atoms. The Kier molecular flexibility index (Phi) is 5.95. The van der Waals surface area contributed by atoms with Gasteiger partial charge in [-0.05, 0) is 99.7 Å². The number of rotatable bonds is 4. The van der Waals surface area contributed by atoms with Gasteiger partial charge in [-0.2, -0.15) is 0 Å². The number of thiophene rings is 1. The minimum absolute atomic E-state index is 1.09. The Morgan fingerprint density at radius 2 is 1.18 bits per heavy atom. The van der Waals surface area contributed by atoms with Crippen molar-refractivity contribution in [1.29, 1.82) is 0 Å². The lowest BCUT2D eigenvalue weighted by Crippen LogP contribution is -1.96. The van der Waals surface area contributed by atoms with E-state index in [4.69, 9.17) is 0 Å². The molecule has 1 heteroatoms. The molecule has 0 saturated heterocycles. The molecule has 5 aromatic rings. The number of fused-ring (bicyclic) bond motifs is 2. The highest BCUT2D eigenvalue weighted by Gasteiger charge is 2.18. The zero-order chi connectivity index (χ0) is 25.5. The van der Waals surface area contributed by atoms with E-state index in [2.05, 4.69) is 122 Å². The van der Waals surface area contributed by atoms with Crippen LogP contribution in [0.25, 0.3) is 54.3 Å². The van der Waals surface area contributed by atoms with Crippen LogP contribution in [0, 0.1) is 0 Å². The van der Waals surface area contributed by atoms with Gasteiger partial charge in [-0.15, -0.1) is 11.3 Å². The van der Waals surface area contributed by atoms with Gasteiger partial charge < -0.3 is 0 Å². The molecule has 4 aromatic carbocycles. The fourth-order valence-corrected chi connectivity index (χ4v) is 7.18. The molecule has 2 aliphatic rings. The fourth-order valence-electron chi connectivity index (χ4n) is 6.12. The summed E-state index contributed by atoms with van der Waals surface area (Å²) < 4.78 is 0. The van der Waals surface area contributed by atoms with Crippen molar-refractivity contribution in [2.45, 2.75) is 32.6 Å². The molecule has 0 aliphatic heterocycles. The largest absolute Gasteiger partial charge is 0.136 e. The summed E-state index contributed by atoms with van der Waals surface area (Å²) in [6.45, 7) is 2.22. The molecule has 0 spiro atoms. The molecule has 0 atom stereocenters. The Morgan fingerprint density at radius 1 is 0.579 bits per heavy atom. The van der Waals surface area contributed by atoms with E-state index >= 15 is 0 Å². The Labute approximate surface area is 229 Å². The molecule has 184 valence electrons. The molecule has 0 amide bonds. The summed E-state index contributed by atoms with van der Waals surface area (Å²) in [5.41, 5.74) is 9.58. The fraction of sp³-hybridized carbons (Fsp3) is 0.135. The minimum Gasteiger partial charge on any atom is -0.136 e. The van der Waals surface area contributed by atoms with Gasteiger partial charge in [0.15, 0.2) is 0 Å². The van der Waals surface area contributed by atoms with Crippen LogP contribution >= 0.6 is 11.3 Å². The Hall–Kier alpha value is -3.94. The van der Waals surface area contributed by atoms with E-state index in [1.165, 1.54) is 70.3 Å². The number of allylic oxidation sites excluding steroid dienone is 8. The van der Waals surface area contributed by atoms with Crippen LogP contribution in [0.15, 0.2) is 121 Å². The van der Waals surface area contributed by atoms with Crippen molar-refractivity contribution < 1.29 is 0 Å².